The van der Waals surface area contributed by atoms with E-state index in [4.69, 9.17) is 4.74 Å². The van der Waals surface area contributed by atoms with Crippen molar-refractivity contribution < 1.29 is 13.9 Å². The van der Waals surface area contributed by atoms with E-state index in [1.54, 1.807) is 19.2 Å². The van der Waals surface area contributed by atoms with E-state index in [9.17, 15) is 9.18 Å². The Hall–Kier alpha value is -2.38. The van der Waals surface area contributed by atoms with Gasteiger partial charge in [0, 0.05) is 17.5 Å². The van der Waals surface area contributed by atoms with Crippen LogP contribution in [-0.2, 0) is 11.3 Å². The summed E-state index contributed by atoms with van der Waals surface area (Å²) in [4.78, 5) is 16.5. The third-order valence-corrected chi connectivity index (χ3v) is 5.62. The topological polar surface area (TPSA) is 51.2 Å². The number of amides is 1. The summed E-state index contributed by atoms with van der Waals surface area (Å²) in [6, 6.07) is 13.8. The summed E-state index contributed by atoms with van der Waals surface area (Å²) in [6.45, 7) is 0.474. The Labute approximate surface area is 159 Å². The Morgan fingerprint density at radius 3 is 2.62 bits per heavy atom. The normalized spacial score (nSPS) is 10.5. The molecule has 0 atom stereocenters. The molecular formula is C19H17FN2O2S2. The van der Waals surface area contributed by atoms with E-state index >= 15 is 0 Å². The third kappa shape index (κ3) is 5.06. The van der Waals surface area contributed by atoms with Crippen LogP contribution < -0.4 is 10.1 Å². The molecule has 0 saturated carbocycles. The van der Waals surface area contributed by atoms with Crippen LogP contribution in [0.3, 0.4) is 0 Å². The zero-order valence-electron chi connectivity index (χ0n) is 14.1. The number of hydrogen-bond acceptors (Lipinski definition) is 5. The predicted octanol–water partition coefficient (Wildman–Crippen LogP) is 4.37. The number of nitrogens with one attached hydrogen (secondary N) is 1. The SMILES string of the molecule is COc1ccc(CNC(=O)CSc2nc(-c3ccc(F)cc3)cs2)cc1. The number of rotatable bonds is 7. The quantitative estimate of drug-likeness (QED) is 0.611. The van der Waals surface area contributed by atoms with Crippen LogP contribution in [0.4, 0.5) is 4.39 Å². The molecule has 1 aromatic heterocycles. The van der Waals surface area contributed by atoms with Crippen LogP contribution in [0.1, 0.15) is 5.56 Å². The minimum absolute atomic E-state index is 0.0515. The van der Waals surface area contributed by atoms with Gasteiger partial charge in [0.25, 0.3) is 0 Å². The van der Waals surface area contributed by atoms with Crippen molar-refractivity contribution in [3.05, 3.63) is 65.3 Å². The molecule has 2 aromatic carbocycles. The standard InChI is InChI=1S/C19H17FN2O2S2/c1-24-16-8-2-13(3-9-16)10-21-18(23)12-26-19-22-17(11-25-19)14-4-6-15(20)7-5-14/h2-9,11H,10,12H2,1H3,(H,21,23). The maximum atomic E-state index is 13.0. The van der Waals surface area contributed by atoms with E-state index in [1.807, 2.05) is 29.6 Å². The number of thiazole rings is 1. The fourth-order valence-corrected chi connectivity index (χ4v) is 3.86. The Balaban J connectivity index is 1.47. The van der Waals surface area contributed by atoms with Gasteiger partial charge in [-0.3, -0.25) is 4.79 Å². The van der Waals surface area contributed by atoms with Gasteiger partial charge in [-0.15, -0.1) is 11.3 Å². The first-order valence-corrected chi connectivity index (χ1v) is 9.74. The number of hydrogen-bond donors (Lipinski definition) is 1. The second-order valence-corrected chi connectivity index (χ2v) is 7.50. The average molecular weight is 388 g/mol. The van der Waals surface area contributed by atoms with Gasteiger partial charge >= 0.3 is 0 Å². The van der Waals surface area contributed by atoms with Gasteiger partial charge in [-0.2, -0.15) is 0 Å². The minimum atomic E-state index is -0.271. The summed E-state index contributed by atoms with van der Waals surface area (Å²) in [5.41, 5.74) is 2.66. The van der Waals surface area contributed by atoms with E-state index in [0.717, 1.165) is 26.9 Å². The van der Waals surface area contributed by atoms with Gasteiger partial charge < -0.3 is 10.1 Å². The van der Waals surface area contributed by atoms with E-state index in [-0.39, 0.29) is 11.7 Å². The Morgan fingerprint density at radius 2 is 1.92 bits per heavy atom. The maximum Gasteiger partial charge on any atom is 0.230 e. The minimum Gasteiger partial charge on any atom is -0.497 e. The number of nitrogens with zero attached hydrogens (tertiary/aromatic N) is 1. The molecule has 134 valence electrons. The molecule has 0 aliphatic rings. The number of methoxy groups -OCH3 is 1. The zero-order valence-corrected chi connectivity index (χ0v) is 15.7. The lowest BCUT2D eigenvalue weighted by molar-refractivity contribution is -0.118. The molecule has 1 amide bonds. The number of carbonyl (C=O) groups is 1. The van der Waals surface area contributed by atoms with Gasteiger partial charge in [0.1, 0.15) is 11.6 Å². The summed E-state index contributed by atoms with van der Waals surface area (Å²) in [6.07, 6.45) is 0. The van der Waals surface area contributed by atoms with Crippen molar-refractivity contribution in [2.24, 2.45) is 0 Å². The number of aromatic nitrogens is 1. The number of carbonyl (C=O) groups excluding carboxylic acids is 1. The van der Waals surface area contributed by atoms with E-state index < -0.39 is 0 Å². The highest BCUT2D eigenvalue weighted by molar-refractivity contribution is 8.01. The van der Waals surface area contributed by atoms with Crippen molar-refractivity contribution in [3.63, 3.8) is 0 Å². The number of halogens is 1. The van der Waals surface area contributed by atoms with Crippen LogP contribution in [0.5, 0.6) is 5.75 Å². The molecule has 1 heterocycles. The first kappa shape index (κ1) is 18.4. The van der Waals surface area contributed by atoms with Gasteiger partial charge in [0.05, 0.1) is 18.6 Å². The summed E-state index contributed by atoms with van der Waals surface area (Å²) in [5.74, 6) is 0.764. The molecule has 4 nitrogen and oxygen atoms in total. The summed E-state index contributed by atoms with van der Waals surface area (Å²) in [7, 11) is 1.62. The molecule has 0 radical (unpaired) electrons. The molecule has 7 heteroatoms. The first-order valence-electron chi connectivity index (χ1n) is 7.88. The number of thioether (sulfide) groups is 1. The second kappa shape index (κ2) is 8.82. The largest absolute Gasteiger partial charge is 0.497 e. The molecule has 0 saturated heterocycles. The Kier molecular flexibility index (Phi) is 6.25. The van der Waals surface area contributed by atoms with E-state index in [1.165, 1.54) is 35.2 Å². The predicted molar refractivity (Wildman–Crippen MR) is 103 cm³/mol. The van der Waals surface area contributed by atoms with Crippen molar-refractivity contribution in [3.8, 4) is 17.0 Å². The van der Waals surface area contributed by atoms with Crippen molar-refractivity contribution in [2.75, 3.05) is 12.9 Å². The average Bonchev–Trinajstić information content (AvgIpc) is 3.14. The lowest BCUT2D eigenvalue weighted by Crippen LogP contribution is -2.24. The van der Waals surface area contributed by atoms with E-state index in [2.05, 4.69) is 10.3 Å². The van der Waals surface area contributed by atoms with Crippen molar-refractivity contribution in [2.45, 2.75) is 10.9 Å². The lowest BCUT2D eigenvalue weighted by Gasteiger charge is -2.05. The second-order valence-electron chi connectivity index (χ2n) is 5.42. The van der Waals surface area contributed by atoms with Crippen LogP contribution in [0, 0.1) is 5.82 Å². The highest BCUT2D eigenvalue weighted by Gasteiger charge is 2.08. The number of ether oxygens (including phenoxy) is 1. The molecule has 0 unspecified atom stereocenters. The highest BCUT2D eigenvalue weighted by Crippen LogP contribution is 2.28. The molecule has 3 rings (SSSR count). The molecular weight excluding hydrogens is 371 g/mol. The third-order valence-electron chi connectivity index (χ3n) is 3.60. The van der Waals surface area contributed by atoms with Gasteiger partial charge in [-0.25, -0.2) is 9.37 Å². The van der Waals surface area contributed by atoms with Gasteiger partial charge in [-0.1, -0.05) is 23.9 Å². The molecule has 0 aliphatic heterocycles. The summed E-state index contributed by atoms with van der Waals surface area (Å²) < 4.78 is 18.9. The van der Waals surface area contributed by atoms with Gasteiger partial charge in [0.2, 0.25) is 5.91 Å². The van der Waals surface area contributed by atoms with Crippen LogP contribution in [0.15, 0.2) is 58.3 Å². The van der Waals surface area contributed by atoms with Crippen LogP contribution in [0.2, 0.25) is 0 Å². The summed E-state index contributed by atoms with van der Waals surface area (Å²) >= 11 is 2.86. The molecule has 1 N–H and O–H groups in total. The molecule has 26 heavy (non-hydrogen) atoms. The monoisotopic (exact) mass is 388 g/mol. The molecule has 3 aromatic rings. The zero-order chi connectivity index (χ0) is 18.4. The summed E-state index contributed by atoms with van der Waals surface area (Å²) in [5, 5.41) is 4.79. The van der Waals surface area contributed by atoms with Crippen LogP contribution in [-0.4, -0.2) is 23.8 Å². The van der Waals surface area contributed by atoms with Gasteiger partial charge in [0.15, 0.2) is 4.34 Å². The van der Waals surface area contributed by atoms with Crippen molar-refractivity contribution >= 4 is 29.0 Å². The fraction of sp³-hybridized carbons (Fsp3) is 0.158. The highest BCUT2D eigenvalue weighted by atomic mass is 32.2. The Bertz CT molecular complexity index is 864. The smallest absolute Gasteiger partial charge is 0.230 e. The van der Waals surface area contributed by atoms with Gasteiger partial charge in [-0.05, 0) is 42.0 Å². The fourth-order valence-electron chi connectivity index (χ4n) is 2.20. The molecule has 0 fully saturated rings. The van der Waals surface area contributed by atoms with Crippen LogP contribution in [0.25, 0.3) is 11.3 Å². The first-order chi connectivity index (χ1) is 12.6. The van der Waals surface area contributed by atoms with Crippen molar-refractivity contribution in [1.82, 2.24) is 10.3 Å². The van der Waals surface area contributed by atoms with Crippen molar-refractivity contribution in [1.29, 1.82) is 0 Å². The maximum absolute atomic E-state index is 13.0. The molecule has 0 aliphatic carbocycles. The molecule has 0 spiro atoms. The van der Waals surface area contributed by atoms with E-state index in [0.29, 0.717) is 12.3 Å². The lowest BCUT2D eigenvalue weighted by atomic mass is 10.2. The van der Waals surface area contributed by atoms with Crippen LogP contribution >= 0.6 is 23.1 Å². The number of benzene rings is 2. The Morgan fingerprint density at radius 1 is 1.19 bits per heavy atom. The molecule has 0 bridgehead atoms.